The first-order chi connectivity index (χ1) is 17.9. The number of nitrogens with two attached hydrogens (primary N) is 4. The Bertz CT molecular complexity index is 1010. The van der Waals surface area contributed by atoms with Crippen molar-refractivity contribution in [2.24, 2.45) is 22.9 Å². The molecule has 11 nitrogen and oxygen atoms in total. The Morgan fingerprint density at radius 1 is 0.829 bits per heavy atom. The van der Waals surface area contributed by atoms with Crippen molar-refractivity contribution in [2.75, 3.05) is 0 Å². The van der Waals surface area contributed by atoms with E-state index in [1.807, 2.05) is 0 Å². The molecule has 4 atom stereocenters. The van der Waals surface area contributed by atoms with E-state index >= 15 is 0 Å². The van der Waals surface area contributed by atoms with Gasteiger partial charge in [-0.05, 0) is 70.2 Å². The number of hydrogen-bond donors (Lipinski definition) is 7. The van der Waals surface area contributed by atoms with Crippen molar-refractivity contribution in [1.29, 1.82) is 0 Å². The Morgan fingerprint density at radius 3 is 1.83 bits per heavy atom. The molecule has 0 fully saturated rings. The third-order valence-electron chi connectivity index (χ3n) is 5.55. The third-order valence-corrected chi connectivity index (χ3v) is 5.55. The summed E-state index contributed by atoms with van der Waals surface area (Å²) < 4.78 is 36.4. The minimum absolute atomic E-state index is 0.00697. The van der Waals surface area contributed by atoms with Gasteiger partial charge in [-0.1, -0.05) is 0 Å². The van der Waals surface area contributed by atoms with Crippen molar-refractivity contribution in [3.63, 3.8) is 0 Å². The topological polar surface area (TPSA) is 220 Å². The van der Waals surface area contributed by atoms with Crippen LogP contribution in [0.2, 0.25) is 0 Å². The number of rotatable bonds is 18. The highest BCUT2D eigenvalue weighted by atomic mass is 16.4. The van der Waals surface area contributed by atoms with E-state index in [1.165, 1.54) is 0 Å². The maximum atomic E-state index is 11.3. The number of carbonyl (C=O) groups is 3. The minimum Gasteiger partial charge on any atom is -0.480 e. The lowest BCUT2D eigenvalue weighted by Gasteiger charge is -2.16. The summed E-state index contributed by atoms with van der Waals surface area (Å²) in [5.41, 5.74) is 23.5. The molecule has 0 saturated heterocycles. The summed E-state index contributed by atoms with van der Waals surface area (Å²) in [5, 5.41) is 27.4. The molecule has 1 aromatic rings. The molecule has 35 heavy (non-hydrogen) atoms. The molecule has 0 bridgehead atoms. The van der Waals surface area contributed by atoms with Gasteiger partial charge in [0, 0.05) is 29.1 Å². The van der Waals surface area contributed by atoms with Gasteiger partial charge >= 0.3 is 17.9 Å². The lowest BCUT2D eigenvalue weighted by Crippen LogP contribution is -2.37. The van der Waals surface area contributed by atoms with Crippen LogP contribution < -0.4 is 27.5 Å². The van der Waals surface area contributed by atoms with E-state index in [9.17, 15) is 24.6 Å². The zero-order chi connectivity index (χ0) is 30.1. The zero-order valence-electron chi connectivity index (χ0n) is 24.2. The zero-order valence-corrected chi connectivity index (χ0v) is 20.2. The molecule has 0 radical (unpaired) electrons. The molecule has 1 aromatic heterocycles. The number of pyridine rings is 1. The lowest BCUT2D eigenvalue weighted by atomic mass is 9.91. The molecule has 1 heterocycles. The standard InChI is InChI=1S/C24H41N5O6/c1-15(25)8-9-16-13-29(12-3-2-6-19(26)22(30)31)14-17(10-11-21(28)24(34)35)18(16)5-4-7-20(27)23(32)33/h13-15,19-21H,2-12,25-28H2,1H3,(H2-,30,31,32,33,34,35)/p+1/t15-,19+,20+,21+/m1/s1/i4D2,5D2. The van der Waals surface area contributed by atoms with Gasteiger partial charge in [0.25, 0.3) is 0 Å². The highest BCUT2D eigenvalue weighted by Gasteiger charge is 2.20. The van der Waals surface area contributed by atoms with Crippen LogP contribution in [-0.2, 0) is 40.1 Å². The van der Waals surface area contributed by atoms with E-state index in [4.69, 9.17) is 33.5 Å². The van der Waals surface area contributed by atoms with Crippen LogP contribution in [0.5, 0.6) is 0 Å². The molecular weight excluding hydrogens is 454 g/mol. The first-order valence-electron chi connectivity index (χ1n) is 13.7. The predicted molar refractivity (Wildman–Crippen MR) is 131 cm³/mol. The number of nitrogens with zero attached hydrogens (tertiary/aromatic N) is 1. The molecule has 11 heteroatoms. The van der Waals surface area contributed by atoms with Crippen molar-refractivity contribution >= 4 is 17.9 Å². The second kappa shape index (κ2) is 15.4. The quantitative estimate of drug-likeness (QED) is 0.105. The first kappa shape index (κ1) is 24.1. The fourth-order valence-electron chi connectivity index (χ4n) is 3.38. The summed E-state index contributed by atoms with van der Waals surface area (Å²) in [6.45, 7) is 2.19. The normalized spacial score (nSPS) is 17.3. The van der Waals surface area contributed by atoms with E-state index in [2.05, 4.69) is 0 Å². The average Bonchev–Trinajstić information content (AvgIpc) is 2.82. The second-order valence-corrected chi connectivity index (χ2v) is 8.81. The molecule has 0 aromatic carbocycles. The average molecular weight is 501 g/mol. The van der Waals surface area contributed by atoms with Crippen LogP contribution in [-0.4, -0.2) is 57.4 Å². The molecule has 1 rings (SSSR count). The van der Waals surface area contributed by atoms with Gasteiger partial charge in [0.05, 0.1) is 0 Å². The van der Waals surface area contributed by atoms with Crippen LogP contribution >= 0.6 is 0 Å². The number of aryl methyl sites for hydroxylation is 3. The second-order valence-electron chi connectivity index (χ2n) is 8.81. The Hall–Kier alpha value is -2.60. The van der Waals surface area contributed by atoms with Crippen molar-refractivity contribution in [2.45, 2.75) is 102 Å². The van der Waals surface area contributed by atoms with Gasteiger partial charge in [0.2, 0.25) is 0 Å². The maximum Gasteiger partial charge on any atom is 0.320 e. The van der Waals surface area contributed by atoms with Gasteiger partial charge in [0.15, 0.2) is 12.4 Å². The fourth-order valence-corrected chi connectivity index (χ4v) is 3.38. The SMILES string of the molecule is [2H]C([2H])(C[C@H](N)C(=O)O)C([2H])([2H])c1c(CC[C@@H](C)N)c[n+](CCCC[C@H](N)C(=O)O)cc1CC[C@H](N)C(=O)O. The molecule has 0 unspecified atom stereocenters. The Balaban J connectivity index is 3.58. The van der Waals surface area contributed by atoms with Gasteiger partial charge in [-0.15, -0.1) is 0 Å². The molecule has 0 aliphatic heterocycles. The summed E-state index contributed by atoms with van der Waals surface area (Å²) in [7, 11) is 0. The minimum atomic E-state index is -2.71. The first-order valence-corrected chi connectivity index (χ1v) is 11.7. The Morgan fingerprint density at radius 2 is 1.31 bits per heavy atom. The van der Waals surface area contributed by atoms with Gasteiger partial charge in [-0.25, -0.2) is 4.57 Å². The van der Waals surface area contributed by atoms with Crippen molar-refractivity contribution in [3.05, 3.63) is 29.1 Å². The highest BCUT2D eigenvalue weighted by Crippen LogP contribution is 2.21. The van der Waals surface area contributed by atoms with Gasteiger partial charge < -0.3 is 38.3 Å². The van der Waals surface area contributed by atoms with Crippen LogP contribution in [0.15, 0.2) is 12.4 Å². The number of hydrogen-bond acceptors (Lipinski definition) is 7. The molecule has 11 N–H and O–H groups in total. The summed E-state index contributed by atoms with van der Waals surface area (Å²) in [6.07, 6.45) is -0.947. The molecule has 0 amide bonds. The van der Waals surface area contributed by atoms with Gasteiger partial charge in [-0.2, -0.15) is 0 Å². The van der Waals surface area contributed by atoms with E-state index in [1.54, 1.807) is 23.9 Å². The predicted octanol–water partition coefficient (Wildman–Crippen LogP) is -0.0848. The third kappa shape index (κ3) is 11.6. The molecule has 0 aliphatic rings. The maximum absolute atomic E-state index is 11.3. The van der Waals surface area contributed by atoms with Crippen LogP contribution in [0.25, 0.3) is 0 Å². The van der Waals surface area contributed by atoms with E-state index in [-0.39, 0.29) is 37.3 Å². The monoisotopic (exact) mass is 500 g/mol. The van der Waals surface area contributed by atoms with Crippen molar-refractivity contribution in [3.8, 4) is 0 Å². The Kier molecular flexibility index (Phi) is 10.6. The Labute approximate surface area is 212 Å². The van der Waals surface area contributed by atoms with E-state index in [0.29, 0.717) is 36.9 Å². The lowest BCUT2D eigenvalue weighted by molar-refractivity contribution is -0.698. The van der Waals surface area contributed by atoms with Gasteiger partial charge in [0.1, 0.15) is 24.7 Å². The summed E-state index contributed by atoms with van der Waals surface area (Å²) in [6, 6.07) is -4.12. The summed E-state index contributed by atoms with van der Waals surface area (Å²) in [4.78, 5) is 33.6. The van der Waals surface area contributed by atoms with Gasteiger partial charge in [-0.3, -0.25) is 14.4 Å². The van der Waals surface area contributed by atoms with E-state index < -0.39 is 55.2 Å². The summed E-state index contributed by atoms with van der Waals surface area (Å²) in [5.74, 6) is -3.80. The number of carboxylic acids is 3. The number of carboxylic acid groups (broad SMARTS) is 3. The van der Waals surface area contributed by atoms with E-state index in [0.717, 1.165) is 0 Å². The van der Waals surface area contributed by atoms with Crippen LogP contribution in [0.1, 0.15) is 74.0 Å². The smallest absolute Gasteiger partial charge is 0.320 e. The summed E-state index contributed by atoms with van der Waals surface area (Å²) >= 11 is 0. The molecule has 198 valence electrons. The fraction of sp³-hybridized carbons (Fsp3) is 0.667. The highest BCUT2D eigenvalue weighted by molar-refractivity contribution is 5.73. The van der Waals surface area contributed by atoms with Crippen LogP contribution in [0.3, 0.4) is 0 Å². The van der Waals surface area contributed by atoms with Crippen LogP contribution in [0, 0.1) is 0 Å². The number of unbranched alkanes of at least 4 members (excludes halogenated alkanes) is 1. The number of aliphatic carboxylic acids is 3. The number of aromatic nitrogens is 1. The van der Waals surface area contributed by atoms with Crippen LogP contribution in [0.4, 0.5) is 0 Å². The molecular formula is C24H42N5O6+. The molecule has 0 saturated carbocycles. The largest absolute Gasteiger partial charge is 0.480 e. The van der Waals surface area contributed by atoms with Crippen molar-refractivity contribution in [1.82, 2.24) is 0 Å². The van der Waals surface area contributed by atoms with Crippen molar-refractivity contribution < 1.29 is 39.8 Å². The molecule has 0 aliphatic carbocycles. The molecule has 0 spiro atoms.